The van der Waals surface area contributed by atoms with Crippen molar-refractivity contribution in [2.24, 2.45) is 11.7 Å². The van der Waals surface area contributed by atoms with E-state index >= 15 is 0 Å². The van der Waals surface area contributed by atoms with Crippen molar-refractivity contribution in [2.45, 2.75) is 38.1 Å². The van der Waals surface area contributed by atoms with E-state index in [9.17, 15) is 8.42 Å². The summed E-state index contributed by atoms with van der Waals surface area (Å²) in [5.74, 6) is 0.560. The summed E-state index contributed by atoms with van der Waals surface area (Å²) in [4.78, 5) is 0.276. The van der Waals surface area contributed by atoms with Gasteiger partial charge in [-0.1, -0.05) is 20.8 Å². The van der Waals surface area contributed by atoms with Gasteiger partial charge < -0.3 is 11.1 Å². The second-order valence-electron chi connectivity index (χ2n) is 5.23. The van der Waals surface area contributed by atoms with E-state index in [4.69, 9.17) is 5.73 Å². The number of benzene rings is 1. The molecule has 1 atom stereocenters. The molecule has 114 valence electrons. The Morgan fingerprint density at radius 1 is 1.20 bits per heavy atom. The first-order valence-corrected chi connectivity index (χ1v) is 8.43. The highest BCUT2D eigenvalue weighted by Gasteiger charge is 2.13. The average molecular weight is 299 g/mol. The molecule has 1 aromatic carbocycles. The van der Waals surface area contributed by atoms with Gasteiger partial charge in [0, 0.05) is 24.8 Å². The highest BCUT2D eigenvalue weighted by Crippen LogP contribution is 2.16. The number of hydrogen-bond donors (Lipinski definition) is 3. The number of nitrogens with two attached hydrogens (primary N) is 1. The van der Waals surface area contributed by atoms with Gasteiger partial charge in [0.15, 0.2) is 0 Å². The fraction of sp³-hybridized carbons (Fsp3) is 0.571. The lowest BCUT2D eigenvalue weighted by Gasteiger charge is -2.20. The Labute approximate surface area is 122 Å². The zero-order valence-corrected chi connectivity index (χ0v) is 13.2. The summed E-state index contributed by atoms with van der Waals surface area (Å²) in [5.41, 5.74) is 6.62. The molecule has 0 aliphatic rings. The molecule has 0 spiro atoms. The van der Waals surface area contributed by atoms with Gasteiger partial charge in [-0.25, -0.2) is 13.1 Å². The molecule has 1 unspecified atom stereocenters. The Hall–Kier alpha value is -1.11. The van der Waals surface area contributed by atoms with Crippen LogP contribution in [0.5, 0.6) is 0 Å². The quantitative estimate of drug-likeness (QED) is 0.683. The van der Waals surface area contributed by atoms with Gasteiger partial charge in [0.2, 0.25) is 10.0 Å². The number of sulfonamides is 1. The normalized spacial score (nSPS) is 13.4. The van der Waals surface area contributed by atoms with Crippen LogP contribution in [0.4, 0.5) is 5.69 Å². The smallest absolute Gasteiger partial charge is 0.240 e. The van der Waals surface area contributed by atoms with Crippen LogP contribution in [0.25, 0.3) is 0 Å². The first-order valence-electron chi connectivity index (χ1n) is 6.95. The topological polar surface area (TPSA) is 84.2 Å². The molecule has 0 amide bonds. The predicted octanol–water partition coefficient (Wildman–Crippen LogP) is 1.77. The molecule has 1 aromatic rings. The molecule has 0 saturated carbocycles. The summed E-state index contributed by atoms with van der Waals surface area (Å²) in [7, 11) is -3.38. The van der Waals surface area contributed by atoms with E-state index in [0.29, 0.717) is 19.0 Å². The van der Waals surface area contributed by atoms with Gasteiger partial charge in [0.1, 0.15) is 0 Å². The molecule has 20 heavy (non-hydrogen) atoms. The SMILES string of the molecule is CCNS(=O)(=O)c1ccc(NC(CN)CC(C)C)cc1. The van der Waals surface area contributed by atoms with E-state index < -0.39 is 10.0 Å². The average Bonchev–Trinajstić information content (AvgIpc) is 2.38. The van der Waals surface area contributed by atoms with Crippen LogP contribution in [-0.2, 0) is 10.0 Å². The summed E-state index contributed by atoms with van der Waals surface area (Å²) >= 11 is 0. The highest BCUT2D eigenvalue weighted by molar-refractivity contribution is 7.89. The van der Waals surface area contributed by atoms with Crippen LogP contribution in [0.2, 0.25) is 0 Å². The van der Waals surface area contributed by atoms with Crippen LogP contribution >= 0.6 is 0 Å². The Balaban J connectivity index is 2.76. The van der Waals surface area contributed by atoms with Crippen LogP contribution in [0.15, 0.2) is 29.2 Å². The summed E-state index contributed by atoms with van der Waals surface area (Å²) < 4.78 is 26.1. The number of nitrogens with one attached hydrogen (secondary N) is 2. The van der Waals surface area contributed by atoms with Crippen molar-refractivity contribution in [3.8, 4) is 0 Å². The van der Waals surface area contributed by atoms with Gasteiger partial charge in [0.05, 0.1) is 4.90 Å². The van der Waals surface area contributed by atoms with Crippen LogP contribution in [0.1, 0.15) is 27.2 Å². The third-order valence-electron chi connectivity index (χ3n) is 2.91. The highest BCUT2D eigenvalue weighted by atomic mass is 32.2. The van der Waals surface area contributed by atoms with Gasteiger partial charge in [-0.15, -0.1) is 0 Å². The van der Waals surface area contributed by atoms with Gasteiger partial charge in [-0.3, -0.25) is 0 Å². The van der Waals surface area contributed by atoms with Crippen molar-refractivity contribution in [3.05, 3.63) is 24.3 Å². The van der Waals surface area contributed by atoms with Crippen molar-refractivity contribution in [2.75, 3.05) is 18.4 Å². The third kappa shape index (κ3) is 5.11. The molecule has 0 bridgehead atoms. The summed E-state index contributed by atoms with van der Waals surface area (Å²) in [6, 6.07) is 6.94. The molecule has 1 rings (SSSR count). The van der Waals surface area contributed by atoms with E-state index in [1.165, 1.54) is 0 Å². The summed E-state index contributed by atoms with van der Waals surface area (Å²) in [6.45, 7) is 6.99. The molecule has 4 N–H and O–H groups in total. The minimum Gasteiger partial charge on any atom is -0.381 e. The van der Waals surface area contributed by atoms with E-state index in [0.717, 1.165) is 12.1 Å². The fourth-order valence-corrected chi connectivity index (χ4v) is 3.06. The molecule has 0 aliphatic heterocycles. The third-order valence-corrected chi connectivity index (χ3v) is 4.47. The lowest BCUT2D eigenvalue weighted by molar-refractivity contribution is 0.522. The van der Waals surface area contributed by atoms with Gasteiger partial charge >= 0.3 is 0 Å². The molecule has 0 aromatic heterocycles. The molecule has 0 aliphatic carbocycles. The van der Waals surface area contributed by atoms with Crippen LogP contribution < -0.4 is 15.8 Å². The number of anilines is 1. The molecule has 0 radical (unpaired) electrons. The molecule has 0 fully saturated rings. The predicted molar refractivity (Wildman–Crippen MR) is 83.2 cm³/mol. The van der Waals surface area contributed by atoms with Crippen LogP contribution in [0, 0.1) is 5.92 Å². The maximum atomic E-state index is 11.8. The van der Waals surface area contributed by atoms with Crippen molar-refractivity contribution in [3.63, 3.8) is 0 Å². The Kier molecular flexibility index (Phi) is 6.45. The van der Waals surface area contributed by atoms with Crippen molar-refractivity contribution in [1.82, 2.24) is 4.72 Å². The zero-order chi connectivity index (χ0) is 15.2. The maximum Gasteiger partial charge on any atom is 0.240 e. The van der Waals surface area contributed by atoms with Gasteiger partial charge in [-0.05, 0) is 36.6 Å². The molecule has 0 heterocycles. The van der Waals surface area contributed by atoms with E-state index in [1.807, 2.05) is 0 Å². The Morgan fingerprint density at radius 2 is 1.80 bits per heavy atom. The Morgan fingerprint density at radius 3 is 2.25 bits per heavy atom. The van der Waals surface area contributed by atoms with E-state index in [2.05, 4.69) is 23.9 Å². The standard InChI is InChI=1S/C14H25N3O2S/c1-4-16-20(18,19)14-7-5-12(6-8-14)17-13(10-15)9-11(2)3/h5-8,11,13,16-17H,4,9-10,15H2,1-3H3. The summed E-state index contributed by atoms with van der Waals surface area (Å²) in [6.07, 6.45) is 0.980. The minimum atomic E-state index is -3.38. The van der Waals surface area contributed by atoms with Crippen LogP contribution in [-0.4, -0.2) is 27.5 Å². The zero-order valence-electron chi connectivity index (χ0n) is 12.4. The second-order valence-corrected chi connectivity index (χ2v) is 7.00. The number of hydrogen-bond acceptors (Lipinski definition) is 4. The first-order chi connectivity index (χ1) is 9.39. The second kappa shape index (κ2) is 7.61. The molecular weight excluding hydrogens is 274 g/mol. The maximum absolute atomic E-state index is 11.8. The van der Waals surface area contributed by atoms with E-state index in [-0.39, 0.29) is 10.9 Å². The van der Waals surface area contributed by atoms with Crippen LogP contribution in [0.3, 0.4) is 0 Å². The van der Waals surface area contributed by atoms with E-state index in [1.54, 1.807) is 31.2 Å². The number of rotatable bonds is 8. The first kappa shape index (κ1) is 16.9. The molecule has 5 nitrogen and oxygen atoms in total. The lowest BCUT2D eigenvalue weighted by Crippen LogP contribution is -2.30. The monoisotopic (exact) mass is 299 g/mol. The Bertz CT molecular complexity index is 498. The largest absolute Gasteiger partial charge is 0.381 e. The van der Waals surface area contributed by atoms with Gasteiger partial charge in [-0.2, -0.15) is 0 Å². The lowest BCUT2D eigenvalue weighted by atomic mass is 10.0. The summed E-state index contributed by atoms with van der Waals surface area (Å²) in [5, 5.41) is 3.33. The van der Waals surface area contributed by atoms with Crippen molar-refractivity contribution >= 4 is 15.7 Å². The molecule has 0 saturated heterocycles. The van der Waals surface area contributed by atoms with Gasteiger partial charge in [0.25, 0.3) is 0 Å². The minimum absolute atomic E-state index is 0.200. The van der Waals surface area contributed by atoms with Crippen molar-refractivity contribution < 1.29 is 8.42 Å². The fourth-order valence-electron chi connectivity index (χ4n) is 2.02. The molecular formula is C14H25N3O2S. The molecule has 6 heteroatoms. The van der Waals surface area contributed by atoms with Crippen molar-refractivity contribution in [1.29, 1.82) is 0 Å².